The second-order valence-corrected chi connectivity index (χ2v) is 2.11. The van der Waals surface area contributed by atoms with E-state index in [1.54, 1.807) is 0 Å². The molecule has 0 aromatic heterocycles. The van der Waals surface area contributed by atoms with Crippen molar-refractivity contribution in [2.24, 2.45) is 0 Å². The highest BCUT2D eigenvalue weighted by Gasteiger charge is 2.33. The number of ether oxygens (including phenoxy) is 1. The van der Waals surface area contributed by atoms with Crippen molar-refractivity contribution in [2.75, 3.05) is 13.2 Å². The fraction of sp³-hybridized carbons (Fsp3) is 1.00. The molecule has 0 aliphatic carbocycles. The minimum atomic E-state index is -0.921. The molecule has 0 aromatic carbocycles. The summed E-state index contributed by atoms with van der Waals surface area (Å²) in [5.74, 6) is 0. The number of aliphatic hydroxyl groups is 3. The maximum Gasteiger partial charge on any atom is 0.110 e. The second-order valence-electron chi connectivity index (χ2n) is 2.11. The first-order valence-electron chi connectivity index (χ1n) is 3.84. The average molecular weight is 164 g/mol. The van der Waals surface area contributed by atoms with Crippen LogP contribution in [-0.4, -0.2) is 46.8 Å². The summed E-state index contributed by atoms with van der Waals surface area (Å²) in [7, 11) is 0. The Balaban J connectivity index is 0.000000461. The molecule has 4 nitrogen and oxygen atoms in total. The summed E-state index contributed by atoms with van der Waals surface area (Å²) in [6.45, 7) is 3.88. The Labute approximate surface area is 66.4 Å². The minimum Gasteiger partial charge on any atom is -0.394 e. The van der Waals surface area contributed by atoms with Gasteiger partial charge in [-0.05, 0) is 0 Å². The lowest BCUT2D eigenvalue weighted by atomic mass is 10.2. The standard InChI is InChI=1S/C5H10O4.C2H6/c6-1-4-5(8)3(7)2-9-4;1-2/h3-8H,1-2H2;1-2H3/t3-,4+,5-;/m0./s1. The van der Waals surface area contributed by atoms with Gasteiger partial charge in [-0.25, -0.2) is 0 Å². The lowest BCUT2D eigenvalue weighted by Crippen LogP contribution is -2.31. The quantitative estimate of drug-likeness (QED) is 0.471. The molecule has 1 saturated heterocycles. The van der Waals surface area contributed by atoms with Crippen LogP contribution < -0.4 is 0 Å². The summed E-state index contributed by atoms with van der Waals surface area (Å²) in [5, 5.41) is 26.2. The van der Waals surface area contributed by atoms with Crippen molar-refractivity contribution in [1.29, 1.82) is 0 Å². The van der Waals surface area contributed by atoms with E-state index in [9.17, 15) is 0 Å². The van der Waals surface area contributed by atoms with Crippen LogP contribution in [0.25, 0.3) is 0 Å². The molecule has 0 radical (unpaired) electrons. The van der Waals surface area contributed by atoms with Crippen LogP contribution in [0, 0.1) is 0 Å². The minimum absolute atomic E-state index is 0.117. The predicted octanol–water partition coefficient (Wildman–Crippen LogP) is -0.875. The molecule has 1 aliphatic heterocycles. The Kier molecular flexibility index (Phi) is 5.41. The fourth-order valence-electron chi connectivity index (χ4n) is 0.828. The van der Waals surface area contributed by atoms with E-state index in [0.717, 1.165) is 0 Å². The van der Waals surface area contributed by atoms with Crippen molar-refractivity contribution in [3.63, 3.8) is 0 Å². The van der Waals surface area contributed by atoms with Crippen LogP contribution in [-0.2, 0) is 4.74 Å². The van der Waals surface area contributed by atoms with Crippen LogP contribution in [0.2, 0.25) is 0 Å². The van der Waals surface area contributed by atoms with Gasteiger partial charge in [0.1, 0.15) is 18.3 Å². The molecule has 1 fully saturated rings. The van der Waals surface area contributed by atoms with Gasteiger partial charge in [0.25, 0.3) is 0 Å². The van der Waals surface area contributed by atoms with Crippen LogP contribution in [0.15, 0.2) is 0 Å². The summed E-state index contributed by atoms with van der Waals surface area (Å²) in [6.07, 6.45) is -2.35. The normalized spacial score (nSPS) is 36.3. The van der Waals surface area contributed by atoms with E-state index >= 15 is 0 Å². The molecule has 0 aromatic rings. The van der Waals surface area contributed by atoms with Crippen molar-refractivity contribution in [3.8, 4) is 0 Å². The van der Waals surface area contributed by atoms with Crippen molar-refractivity contribution in [1.82, 2.24) is 0 Å². The van der Waals surface area contributed by atoms with Crippen LogP contribution in [0.4, 0.5) is 0 Å². The monoisotopic (exact) mass is 164 g/mol. The van der Waals surface area contributed by atoms with Crippen molar-refractivity contribution >= 4 is 0 Å². The summed E-state index contributed by atoms with van der Waals surface area (Å²) in [6, 6.07) is 0. The first-order chi connectivity index (χ1) is 5.25. The number of hydrogen-bond acceptors (Lipinski definition) is 4. The Morgan fingerprint density at radius 3 is 2.09 bits per heavy atom. The molecular weight excluding hydrogens is 148 g/mol. The van der Waals surface area contributed by atoms with E-state index in [2.05, 4.69) is 0 Å². The third-order valence-corrected chi connectivity index (χ3v) is 1.44. The molecule has 0 unspecified atom stereocenters. The smallest absolute Gasteiger partial charge is 0.110 e. The van der Waals surface area contributed by atoms with Gasteiger partial charge in [-0.3, -0.25) is 0 Å². The molecule has 0 spiro atoms. The van der Waals surface area contributed by atoms with E-state index in [1.165, 1.54) is 0 Å². The van der Waals surface area contributed by atoms with Crippen molar-refractivity contribution < 1.29 is 20.1 Å². The molecule has 1 aliphatic rings. The van der Waals surface area contributed by atoms with E-state index in [0.29, 0.717) is 0 Å². The van der Waals surface area contributed by atoms with E-state index < -0.39 is 18.3 Å². The molecule has 11 heavy (non-hydrogen) atoms. The van der Waals surface area contributed by atoms with Gasteiger partial charge in [0, 0.05) is 0 Å². The zero-order valence-electron chi connectivity index (χ0n) is 6.90. The van der Waals surface area contributed by atoms with Gasteiger partial charge < -0.3 is 20.1 Å². The Morgan fingerprint density at radius 2 is 1.91 bits per heavy atom. The fourth-order valence-corrected chi connectivity index (χ4v) is 0.828. The predicted molar refractivity (Wildman–Crippen MR) is 40.2 cm³/mol. The first kappa shape index (κ1) is 10.8. The number of hydrogen-bond donors (Lipinski definition) is 3. The third kappa shape index (κ3) is 2.75. The van der Waals surface area contributed by atoms with Gasteiger partial charge in [-0.1, -0.05) is 13.8 Å². The molecule has 1 rings (SSSR count). The molecule has 68 valence electrons. The van der Waals surface area contributed by atoms with Gasteiger partial charge in [-0.2, -0.15) is 0 Å². The Hall–Kier alpha value is -0.160. The largest absolute Gasteiger partial charge is 0.394 e. The topological polar surface area (TPSA) is 69.9 Å². The van der Waals surface area contributed by atoms with Gasteiger partial charge >= 0.3 is 0 Å². The zero-order valence-corrected chi connectivity index (χ0v) is 6.90. The van der Waals surface area contributed by atoms with Crippen LogP contribution >= 0.6 is 0 Å². The molecular formula is C7H16O4. The third-order valence-electron chi connectivity index (χ3n) is 1.44. The highest BCUT2D eigenvalue weighted by atomic mass is 16.5. The molecule has 3 atom stereocenters. The molecule has 4 heteroatoms. The van der Waals surface area contributed by atoms with Gasteiger partial charge in [-0.15, -0.1) is 0 Å². The summed E-state index contributed by atoms with van der Waals surface area (Å²) < 4.78 is 4.78. The Morgan fingerprint density at radius 1 is 1.36 bits per heavy atom. The average Bonchev–Trinajstić information content (AvgIpc) is 2.37. The van der Waals surface area contributed by atoms with Crippen LogP contribution in [0.1, 0.15) is 13.8 Å². The van der Waals surface area contributed by atoms with E-state index in [-0.39, 0.29) is 13.2 Å². The summed E-state index contributed by atoms with van der Waals surface area (Å²) in [4.78, 5) is 0. The highest BCUT2D eigenvalue weighted by molar-refractivity contribution is 4.81. The maximum absolute atomic E-state index is 8.92. The van der Waals surface area contributed by atoms with Crippen LogP contribution in [0.5, 0.6) is 0 Å². The Bertz CT molecular complexity index is 96.4. The van der Waals surface area contributed by atoms with Crippen molar-refractivity contribution in [3.05, 3.63) is 0 Å². The molecule has 1 heterocycles. The summed E-state index contributed by atoms with van der Waals surface area (Å²) in [5.41, 5.74) is 0. The molecule has 3 N–H and O–H groups in total. The van der Waals surface area contributed by atoms with E-state index in [1.807, 2.05) is 13.8 Å². The van der Waals surface area contributed by atoms with E-state index in [4.69, 9.17) is 20.1 Å². The second kappa shape index (κ2) is 5.49. The summed E-state index contributed by atoms with van der Waals surface area (Å²) >= 11 is 0. The zero-order chi connectivity index (χ0) is 8.85. The van der Waals surface area contributed by atoms with Crippen LogP contribution in [0.3, 0.4) is 0 Å². The highest BCUT2D eigenvalue weighted by Crippen LogP contribution is 2.12. The van der Waals surface area contributed by atoms with Gasteiger partial charge in [0.2, 0.25) is 0 Å². The lowest BCUT2D eigenvalue weighted by Gasteiger charge is -2.10. The van der Waals surface area contributed by atoms with Gasteiger partial charge in [0.15, 0.2) is 0 Å². The maximum atomic E-state index is 8.92. The molecule has 0 saturated carbocycles. The van der Waals surface area contributed by atoms with Gasteiger partial charge in [0.05, 0.1) is 13.2 Å². The number of rotatable bonds is 1. The van der Waals surface area contributed by atoms with Crippen molar-refractivity contribution in [2.45, 2.75) is 32.2 Å². The molecule has 0 amide bonds. The number of aliphatic hydroxyl groups excluding tert-OH is 3. The first-order valence-corrected chi connectivity index (χ1v) is 3.84. The lowest BCUT2D eigenvalue weighted by molar-refractivity contribution is -0.00588. The molecule has 0 bridgehead atoms. The SMILES string of the molecule is CC.OC[C@H]1OC[C@H](O)[C@@H]1O.